The molecule has 3 nitrogen and oxygen atoms in total. The molecule has 1 aromatic rings. The van der Waals surface area contributed by atoms with Crippen LogP contribution >= 0.6 is 24.0 Å². The number of hydrogen-bond acceptors (Lipinski definition) is 5. The molecule has 0 aliphatic carbocycles. The number of hydrogen-bond donors (Lipinski definition) is 1. The highest BCUT2D eigenvalue weighted by Crippen LogP contribution is 2.20. The van der Waals surface area contributed by atoms with Gasteiger partial charge in [0.2, 0.25) is 0 Å². The van der Waals surface area contributed by atoms with E-state index in [0.717, 1.165) is 0 Å². The molecule has 0 saturated carbocycles. The van der Waals surface area contributed by atoms with Crippen LogP contribution in [0.25, 0.3) is 0 Å². The van der Waals surface area contributed by atoms with Gasteiger partial charge in [0.15, 0.2) is 5.06 Å². The first-order valence-corrected chi connectivity index (χ1v) is 6.79. The molecule has 0 aromatic carbocycles. The topological polar surface area (TPSA) is 43.4 Å². The molecule has 1 aromatic heterocycles. The summed E-state index contributed by atoms with van der Waals surface area (Å²) in [6.07, 6.45) is 0.511. The molecule has 0 bridgehead atoms. The minimum Gasteiger partial charge on any atom is -0.371 e. The molecule has 0 N–H and O–H groups in total. The first kappa shape index (κ1) is 10.9. The summed E-state index contributed by atoms with van der Waals surface area (Å²) in [7, 11) is -3.41. The largest absolute Gasteiger partial charge is 0.371 e. The van der Waals surface area contributed by atoms with Crippen LogP contribution in [0.5, 0.6) is 5.06 Å². The van der Waals surface area contributed by atoms with Crippen LogP contribution in [-0.2, 0) is 10.1 Å². The first-order chi connectivity index (χ1) is 6.14. The van der Waals surface area contributed by atoms with E-state index in [1.54, 1.807) is 17.5 Å². The van der Waals surface area contributed by atoms with E-state index in [9.17, 15) is 8.42 Å². The maximum absolute atomic E-state index is 11.2. The predicted octanol–water partition coefficient (Wildman–Crippen LogP) is 1.78. The van der Waals surface area contributed by atoms with E-state index < -0.39 is 10.1 Å². The molecule has 0 radical (unpaired) electrons. The molecule has 0 spiro atoms. The third kappa shape index (κ3) is 4.02. The molecular formula is C7H10O3S3. The Morgan fingerprint density at radius 3 is 2.85 bits per heavy atom. The Morgan fingerprint density at radius 2 is 2.31 bits per heavy atom. The second-order valence-electron chi connectivity index (χ2n) is 2.35. The van der Waals surface area contributed by atoms with Crippen molar-refractivity contribution in [1.29, 1.82) is 0 Å². The molecule has 0 amide bonds. The molecule has 0 aliphatic heterocycles. The van der Waals surface area contributed by atoms with Crippen molar-refractivity contribution >= 4 is 34.1 Å². The van der Waals surface area contributed by atoms with Gasteiger partial charge in [-0.15, -0.1) is 11.3 Å². The van der Waals surface area contributed by atoms with Crippen molar-refractivity contribution in [3.63, 3.8) is 0 Å². The van der Waals surface area contributed by atoms with Crippen molar-refractivity contribution < 1.29 is 12.6 Å². The summed E-state index contributed by atoms with van der Waals surface area (Å²) >= 11 is 5.19. The van der Waals surface area contributed by atoms with Crippen molar-refractivity contribution in [2.75, 3.05) is 11.5 Å². The van der Waals surface area contributed by atoms with Crippen molar-refractivity contribution in [3.8, 4) is 5.06 Å². The first-order valence-electron chi connectivity index (χ1n) is 3.70. The van der Waals surface area contributed by atoms with Crippen LogP contribution in [0.1, 0.15) is 6.42 Å². The molecule has 0 atom stereocenters. The van der Waals surface area contributed by atoms with E-state index in [0.29, 0.717) is 17.2 Å². The minimum atomic E-state index is -3.41. The highest BCUT2D eigenvalue weighted by molar-refractivity contribution is 7.87. The van der Waals surface area contributed by atoms with Crippen molar-refractivity contribution in [2.24, 2.45) is 0 Å². The molecule has 0 unspecified atom stereocenters. The van der Waals surface area contributed by atoms with E-state index >= 15 is 0 Å². The van der Waals surface area contributed by atoms with E-state index in [1.807, 2.05) is 0 Å². The molecule has 0 fully saturated rings. The van der Waals surface area contributed by atoms with E-state index in [-0.39, 0.29) is 5.75 Å². The number of thiophene rings is 1. The third-order valence-electron chi connectivity index (χ3n) is 1.26. The van der Waals surface area contributed by atoms with E-state index in [1.165, 1.54) is 11.3 Å². The lowest BCUT2D eigenvalue weighted by atomic mass is 10.6. The summed E-state index contributed by atoms with van der Waals surface area (Å²) in [5.41, 5.74) is 0. The summed E-state index contributed by atoms with van der Waals surface area (Å²) in [5.74, 6) is 0.571. The second-order valence-corrected chi connectivity index (χ2v) is 5.40. The van der Waals surface area contributed by atoms with Crippen LogP contribution in [0.2, 0.25) is 0 Å². The molecule has 0 aliphatic rings. The second kappa shape index (κ2) is 4.88. The normalized spacial score (nSPS) is 11.5. The van der Waals surface area contributed by atoms with Gasteiger partial charge in [-0.25, -0.2) is 0 Å². The van der Waals surface area contributed by atoms with Crippen molar-refractivity contribution in [1.82, 2.24) is 0 Å². The van der Waals surface area contributed by atoms with Gasteiger partial charge in [0.05, 0.1) is 5.75 Å². The maximum atomic E-state index is 11.2. The zero-order chi connectivity index (χ0) is 9.73. The standard InChI is InChI=1S/C7H10O3S3/c8-13(9,6-2-4-11)10-7-3-1-5-12-7/h1,3,5,11H,2,4,6H2. The average Bonchev–Trinajstić information content (AvgIpc) is 2.52. The van der Waals surface area contributed by atoms with Crippen LogP contribution in [0.4, 0.5) is 0 Å². The fraction of sp³-hybridized carbons (Fsp3) is 0.429. The molecule has 1 heterocycles. The Balaban J connectivity index is 2.53. The van der Waals surface area contributed by atoms with Gasteiger partial charge in [0.25, 0.3) is 0 Å². The van der Waals surface area contributed by atoms with E-state index in [4.69, 9.17) is 4.18 Å². The van der Waals surface area contributed by atoms with Gasteiger partial charge in [-0.3, -0.25) is 0 Å². The van der Waals surface area contributed by atoms with Gasteiger partial charge in [-0.1, -0.05) is 0 Å². The SMILES string of the molecule is O=S(=O)(CCCS)Oc1cccs1. The van der Waals surface area contributed by atoms with Crippen LogP contribution in [0, 0.1) is 0 Å². The fourth-order valence-electron chi connectivity index (χ4n) is 0.719. The smallest absolute Gasteiger partial charge is 0.309 e. The quantitative estimate of drug-likeness (QED) is 0.628. The lowest BCUT2D eigenvalue weighted by Crippen LogP contribution is -2.13. The Hall–Kier alpha value is -0.200. The van der Waals surface area contributed by atoms with Gasteiger partial charge in [0, 0.05) is 0 Å². The molecule has 74 valence electrons. The monoisotopic (exact) mass is 238 g/mol. The summed E-state index contributed by atoms with van der Waals surface area (Å²) in [6, 6.07) is 3.37. The van der Waals surface area contributed by atoms with Crippen molar-refractivity contribution in [2.45, 2.75) is 6.42 Å². The Bertz CT molecular complexity index is 328. The van der Waals surface area contributed by atoms with Crippen molar-refractivity contribution in [3.05, 3.63) is 17.5 Å². The summed E-state index contributed by atoms with van der Waals surface area (Å²) in [4.78, 5) is 0. The van der Waals surface area contributed by atoms with Crippen LogP contribution in [0.3, 0.4) is 0 Å². The molecular weight excluding hydrogens is 228 g/mol. The van der Waals surface area contributed by atoms with Gasteiger partial charge in [-0.2, -0.15) is 21.0 Å². The maximum Gasteiger partial charge on any atom is 0.309 e. The van der Waals surface area contributed by atoms with E-state index in [2.05, 4.69) is 12.6 Å². The highest BCUT2D eigenvalue weighted by atomic mass is 32.2. The third-order valence-corrected chi connectivity index (χ3v) is 3.65. The Labute approximate surface area is 87.3 Å². The molecule has 6 heteroatoms. The van der Waals surface area contributed by atoms with Gasteiger partial charge in [-0.05, 0) is 29.7 Å². The van der Waals surface area contributed by atoms with Crippen LogP contribution in [0.15, 0.2) is 17.5 Å². The van der Waals surface area contributed by atoms with Gasteiger partial charge in [0.1, 0.15) is 0 Å². The fourth-order valence-corrected chi connectivity index (χ4v) is 2.89. The summed E-state index contributed by atoms with van der Waals surface area (Å²) in [6.45, 7) is 0. The zero-order valence-electron chi connectivity index (χ0n) is 6.84. The molecule has 1 rings (SSSR count). The summed E-state index contributed by atoms with van der Waals surface area (Å²) < 4.78 is 27.2. The van der Waals surface area contributed by atoms with Gasteiger partial charge >= 0.3 is 10.1 Å². The Kier molecular flexibility index (Phi) is 4.08. The average molecular weight is 238 g/mol. The van der Waals surface area contributed by atoms with Gasteiger partial charge < -0.3 is 4.18 Å². The predicted molar refractivity (Wildman–Crippen MR) is 57.2 cm³/mol. The number of rotatable bonds is 5. The highest BCUT2D eigenvalue weighted by Gasteiger charge is 2.11. The summed E-state index contributed by atoms with van der Waals surface area (Å²) in [5, 5.41) is 2.18. The zero-order valence-corrected chi connectivity index (χ0v) is 9.37. The Morgan fingerprint density at radius 1 is 1.54 bits per heavy atom. The molecule has 0 saturated heterocycles. The molecule has 13 heavy (non-hydrogen) atoms. The lowest BCUT2D eigenvalue weighted by molar-refractivity contribution is 0.491. The minimum absolute atomic E-state index is 0.0222. The number of thiol groups is 1. The van der Waals surface area contributed by atoms with Crippen LogP contribution < -0.4 is 4.18 Å². The lowest BCUT2D eigenvalue weighted by Gasteiger charge is -2.02. The van der Waals surface area contributed by atoms with Crippen LogP contribution in [-0.4, -0.2) is 19.9 Å².